The van der Waals surface area contributed by atoms with Crippen LogP contribution in [-0.2, 0) is 6.42 Å². The molecule has 21 heavy (non-hydrogen) atoms. The quantitative estimate of drug-likeness (QED) is 0.639. The summed E-state index contributed by atoms with van der Waals surface area (Å²) < 4.78 is 0. The molecule has 2 aromatic carbocycles. The maximum absolute atomic E-state index is 5.53. The molecule has 0 fully saturated rings. The predicted octanol–water partition coefficient (Wildman–Crippen LogP) is 4.64. The van der Waals surface area contributed by atoms with Gasteiger partial charge in [-0.1, -0.05) is 43.3 Å². The van der Waals surface area contributed by atoms with Crippen molar-refractivity contribution in [2.75, 3.05) is 16.8 Å². The molecule has 2 aromatic rings. The minimum Gasteiger partial charge on any atom is -0.332 e. The number of nitrogens with zero attached hydrogens (tertiary/aromatic N) is 1. The maximum atomic E-state index is 5.53. The molecule has 0 spiro atoms. The van der Waals surface area contributed by atoms with Crippen molar-refractivity contribution in [1.82, 2.24) is 0 Å². The summed E-state index contributed by atoms with van der Waals surface area (Å²) in [6.45, 7) is 6.63. The second kappa shape index (κ2) is 7.60. The number of para-hydroxylation sites is 1. The highest BCUT2D eigenvalue weighted by molar-refractivity contribution is 7.80. The lowest BCUT2D eigenvalue weighted by Crippen LogP contribution is -2.34. The largest absolute Gasteiger partial charge is 0.332 e. The highest BCUT2D eigenvalue weighted by atomic mass is 32.1. The van der Waals surface area contributed by atoms with Crippen LogP contribution >= 0.6 is 12.2 Å². The lowest BCUT2D eigenvalue weighted by molar-refractivity contribution is 1.14. The van der Waals surface area contributed by atoms with Crippen LogP contribution < -0.4 is 10.2 Å². The Balaban J connectivity index is 2.13. The minimum atomic E-state index is 0.670. The van der Waals surface area contributed by atoms with E-state index in [4.69, 9.17) is 12.2 Å². The predicted molar refractivity (Wildman–Crippen MR) is 96.0 cm³/mol. The zero-order chi connectivity index (χ0) is 15.1. The monoisotopic (exact) mass is 296 g/mol. The number of benzene rings is 2. The molecule has 0 atom stereocenters. The number of nitrogens with one attached hydrogen (secondary N) is 1. The smallest absolute Gasteiger partial charge is 0.178 e. The fourth-order valence-corrected chi connectivity index (χ4v) is 2.36. The fourth-order valence-electron chi connectivity index (χ4n) is 2.06. The third-order valence-corrected chi connectivity index (χ3v) is 3.56. The number of hydrogen-bond acceptors (Lipinski definition) is 1. The Hall–Kier alpha value is -2.13. The Kier molecular flexibility index (Phi) is 5.52. The Morgan fingerprint density at radius 1 is 1.14 bits per heavy atom. The average Bonchev–Trinajstić information content (AvgIpc) is 2.54. The molecule has 0 saturated carbocycles. The van der Waals surface area contributed by atoms with E-state index in [-0.39, 0.29) is 0 Å². The van der Waals surface area contributed by atoms with Gasteiger partial charge in [-0.15, -0.1) is 6.58 Å². The van der Waals surface area contributed by atoms with E-state index < -0.39 is 0 Å². The first-order valence-electron chi connectivity index (χ1n) is 7.08. The van der Waals surface area contributed by atoms with Gasteiger partial charge in [0.05, 0.1) is 0 Å². The van der Waals surface area contributed by atoms with Gasteiger partial charge in [0.15, 0.2) is 5.11 Å². The van der Waals surface area contributed by atoms with Gasteiger partial charge in [-0.25, -0.2) is 0 Å². The topological polar surface area (TPSA) is 15.3 Å². The number of hydrogen-bond donors (Lipinski definition) is 1. The molecular weight excluding hydrogens is 276 g/mol. The van der Waals surface area contributed by atoms with Crippen molar-refractivity contribution in [2.24, 2.45) is 0 Å². The third-order valence-electron chi connectivity index (χ3n) is 3.24. The summed E-state index contributed by atoms with van der Waals surface area (Å²) in [6.07, 6.45) is 2.89. The molecule has 1 N–H and O–H groups in total. The molecule has 2 nitrogen and oxygen atoms in total. The van der Waals surface area contributed by atoms with Crippen LogP contribution in [0.4, 0.5) is 11.4 Å². The third kappa shape index (κ3) is 4.17. The van der Waals surface area contributed by atoms with Crippen molar-refractivity contribution >= 4 is 28.7 Å². The highest BCUT2D eigenvalue weighted by Gasteiger charge is 2.10. The second-order valence-electron chi connectivity index (χ2n) is 4.72. The standard InChI is InChI=1S/C18H20N2S/c1-3-14-20(17-8-6-5-7-9-17)18(21)19-16-12-10-15(4-2)11-13-16/h3,5-13H,1,4,14H2,2H3,(H,19,21). The van der Waals surface area contributed by atoms with E-state index in [9.17, 15) is 0 Å². The first kappa shape index (κ1) is 15.3. The van der Waals surface area contributed by atoms with Crippen LogP contribution in [0.5, 0.6) is 0 Å². The fraction of sp³-hybridized carbons (Fsp3) is 0.167. The summed E-state index contributed by atoms with van der Waals surface area (Å²) in [4.78, 5) is 2.02. The molecule has 0 aliphatic carbocycles. The van der Waals surface area contributed by atoms with Gasteiger partial charge in [0.1, 0.15) is 0 Å². The molecule has 0 amide bonds. The normalized spacial score (nSPS) is 9.95. The van der Waals surface area contributed by atoms with Gasteiger partial charge in [0.2, 0.25) is 0 Å². The van der Waals surface area contributed by atoms with Crippen molar-refractivity contribution in [3.63, 3.8) is 0 Å². The Morgan fingerprint density at radius 2 is 1.81 bits per heavy atom. The molecule has 3 heteroatoms. The van der Waals surface area contributed by atoms with Crippen LogP contribution in [-0.4, -0.2) is 11.7 Å². The van der Waals surface area contributed by atoms with E-state index >= 15 is 0 Å². The summed E-state index contributed by atoms with van der Waals surface area (Å²) in [7, 11) is 0. The molecule has 0 aromatic heterocycles. The van der Waals surface area contributed by atoms with Crippen LogP contribution in [0.3, 0.4) is 0 Å². The molecule has 0 heterocycles. The van der Waals surface area contributed by atoms with E-state index in [1.165, 1.54) is 5.56 Å². The average molecular weight is 296 g/mol. The van der Waals surface area contributed by atoms with Crippen LogP contribution in [0.15, 0.2) is 67.3 Å². The molecule has 108 valence electrons. The Labute approximate surface area is 132 Å². The molecule has 0 aliphatic heterocycles. The summed E-state index contributed by atoms with van der Waals surface area (Å²) in [5.74, 6) is 0. The van der Waals surface area contributed by atoms with Gasteiger partial charge < -0.3 is 10.2 Å². The van der Waals surface area contributed by atoms with Gasteiger partial charge in [-0.2, -0.15) is 0 Å². The molecular formula is C18H20N2S. The van der Waals surface area contributed by atoms with Gasteiger partial charge in [0, 0.05) is 17.9 Å². The first-order chi connectivity index (χ1) is 10.2. The van der Waals surface area contributed by atoms with Crippen LogP contribution in [0.25, 0.3) is 0 Å². The minimum absolute atomic E-state index is 0.670. The van der Waals surface area contributed by atoms with Gasteiger partial charge in [0.25, 0.3) is 0 Å². The number of thiocarbonyl (C=S) groups is 1. The van der Waals surface area contributed by atoms with Gasteiger partial charge in [-0.3, -0.25) is 0 Å². The van der Waals surface area contributed by atoms with E-state index in [0.29, 0.717) is 11.7 Å². The van der Waals surface area contributed by atoms with Crippen LogP contribution in [0.2, 0.25) is 0 Å². The number of rotatable bonds is 5. The highest BCUT2D eigenvalue weighted by Crippen LogP contribution is 2.16. The lowest BCUT2D eigenvalue weighted by atomic mass is 10.1. The zero-order valence-electron chi connectivity index (χ0n) is 12.3. The van der Waals surface area contributed by atoms with E-state index in [0.717, 1.165) is 17.8 Å². The van der Waals surface area contributed by atoms with Gasteiger partial charge >= 0.3 is 0 Å². The molecule has 2 rings (SSSR count). The first-order valence-corrected chi connectivity index (χ1v) is 7.49. The molecule has 0 bridgehead atoms. The summed E-state index contributed by atoms with van der Waals surface area (Å²) in [5.41, 5.74) is 3.37. The summed E-state index contributed by atoms with van der Waals surface area (Å²) in [6, 6.07) is 18.4. The lowest BCUT2D eigenvalue weighted by Gasteiger charge is -2.24. The van der Waals surface area contributed by atoms with Crippen LogP contribution in [0.1, 0.15) is 12.5 Å². The van der Waals surface area contributed by atoms with E-state index in [1.807, 2.05) is 41.3 Å². The Morgan fingerprint density at radius 3 is 2.38 bits per heavy atom. The SMILES string of the molecule is C=CCN(C(=S)Nc1ccc(CC)cc1)c1ccccc1. The summed E-state index contributed by atoms with van der Waals surface area (Å²) in [5, 5.41) is 3.96. The van der Waals surface area contributed by atoms with Crippen molar-refractivity contribution in [3.8, 4) is 0 Å². The zero-order valence-corrected chi connectivity index (χ0v) is 13.1. The second-order valence-corrected chi connectivity index (χ2v) is 5.10. The van der Waals surface area contributed by atoms with Crippen LogP contribution in [0, 0.1) is 0 Å². The molecule has 0 saturated heterocycles. The molecule has 0 radical (unpaired) electrons. The van der Waals surface area contributed by atoms with Crippen molar-refractivity contribution in [2.45, 2.75) is 13.3 Å². The van der Waals surface area contributed by atoms with Crippen molar-refractivity contribution < 1.29 is 0 Å². The molecule has 0 aliphatic rings. The summed E-state index contributed by atoms with van der Waals surface area (Å²) >= 11 is 5.53. The van der Waals surface area contributed by atoms with E-state index in [1.54, 1.807) is 0 Å². The maximum Gasteiger partial charge on any atom is 0.178 e. The molecule has 0 unspecified atom stereocenters. The Bertz CT molecular complexity index is 590. The van der Waals surface area contributed by atoms with E-state index in [2.05, 4.69) is 43.1 Å². The van der Waals surface area contributed by atoms with Crippen molar-refractivity contribution in [3.05, 3.63) is 72.8 Å². The number of aryl methyl sites for hydroxylation is 1. The van der Waals surface area contributed by atoms with Crippen molar-refractivity contribution in [1.29, 1.82) is 0 Å². The van der Waals surface area contributed by atoms with Gasteiger partial charge in [-0.05, 0) is 48.5 Å². The number of anilines is 2.